The van der Waals surface area contributed by atoms with E-state index in [4.69, 9.17) is 5.26 Å². The van der Waals surface area contributed by atoms with E-state index in [0.29, 0.717) is 34.3 Å². The number of benzene rings is 2. The molecular formula is C14H17NO7S2. The molecule has 0 aliphatic rings. The van der Waals surface area contributed by atoms with Crippen LogP contribution in [0.25, 0.3) is 10.8 Å². The Morgan fingerprint density at radius 1 is 1.25 bits per heavy atom. The molecule has 0 heterocycles. The van der Waals surface area contributed by atoms with Crippen molar-refractivity contribution in [3.8, 4) is 5.75 Å². The van der Waals surface area contributed by atoms with Crippen molar-refractivity contribution in [2.24, 2.45) is 5.92 Å². The van der Waals surface area contributed by atoms with Gasteiger partial charge < -0.3 is 10.4 Å². The summed E-state index contributed by atoms with van der Waals surface area (Å²) < 4.78 is 37.1. The van der Waals surface area contributed by atoms with E-state index in [-0.39, 0.29) is 22.3 Å². The van der Waals surface area contributed by atoms with E-state index in [1.165, 1.54) is 24.3 Å². The highest BCUT2D eigenvalue weighted by Gasteiger charge is 2.18. The molecule has 0 fully saturated rings. The van der Waals surface area contributed by atoms with E-state index >= 15 is 0 Å². The SMILES string of the molecule is CC(C)CNc1cc2c(O)cc(SOOO)cc2cc1S(=O)(=O)O. The van der Waals surface area contributed by atoms with Gasteiger partial charge in [-0.2, -0.15) is 8.42 Å². The molecule has 0 radical (unpaired) electrons. The quantitative estimate of drug-likeness (QED) is 0.250. The van der Waals surface area contributed by atoms with Crippen LogP contribution in [0.4, 0.5) is 5.69 Å². The second kappa shape index (κ2) is 7.55. The molecule has 0 aromatic heterocycles. The van der Waals surface area contributed by atoms with Gasteiger partial charge in [0.1, 0.15) is 10.6 Å². The summed E-state index contributed by atoms with van der Waals surface area (Å²) in [6, 6.07) is 5.58. The molecule has 10 heteroatoms. The Kier molecular flexibility index (Phi) is 5.91. The molecule has 2 rings (SSSR count). The Labute approximate surface area is 143 Å². The first-order valence-electron chi connectivity index (χ1n) is 6.89. The lowest BCUT2D eigenvalue weighted by molar-refractivity contribution is -0.432. The Hall–Kier alpha value is -1.56. The minimum Gasteiger partial charge on any atom is -0.507 e. The van der Waals surface area contributed by atoms with Crippen molar-refractivity contribution in [3.05, 3.63) is 24.3 Å². The van der Waals surface area contributed by atoms with E-state index in [0.717, 1.165) is 0 Å². The number of aromatic hydroxyl groups is 1. The summed E-state index contributed by atoms with van der Waals surface area (Å²) in [5.74, 6) is 0.129. The zero-order valence-corrected chi connectivity index (χ0v) is 14.5. The van der Waals surface area contributed by atoms with Crippen LogP contribution in [0.1, 0.15) is 13.8 Å². The average molecular weight is 375 g/mol. The van der Waals surface area contributed by atoms with Crippen LogP contribution >= 0.6 is 12.0 Å². The van der Waals surface area contributed by atoms with Gasteiger partial charge in [-0.1, -0.05) is 18.9 Å². The molecule has 2 aromatic rings. The van der Waals surface area contributed by atoms with Crippen LogP contribution in [0.5, 0.6) is 5.75 Å². The van der Waals surface area contributed by atoms with E-state index in [1.54, 1.807) is 0 Å². The van der Waals surface area contributed by atoms with Crippen molar-refractivity contribution in [3.63, 3.8) is 0 Å². The van der Waals surface area contributed by atoms with Crippen molar-refractivity contribution in [1.82, 2.24) is 0 Å². The highest BCUT2D eigenvalue weighted by Crippen LogP contribution is 2.36. The van der Waals surface area contributed by atoms with Gasteiger partial charge in [0.2, 0.25) is 0 Å². The Morgan fingerprint density at radius 2 is 1.96 bits per heavy atom. The Morgan fingerprint density at radius 3 is 2.54 bits per heavy atom. The number of anilines is 1. The summed E-state index contributed by atoms with van der Waals surface area (Å²) in [5, 5.41) is 25.5. The van der Waals surface area contributed by atoms with Gasteiger partial charge in [-0.15, -0.1) is 4.33 Å². The van der Waals surface area contributed by atoms with Crippen molar-refractivity contribution >= 4 is 38.6 Å². The highest BCUT2D eigenvalue weighted by molar-refractivity contribution is 7.94. The Balaban J connectivity index is 2.59. The monoisotopic (exact) mass is 375 g/mol. The lowest BCUT2D eigenvalue weighted by Crippen LogP contribution is -2.11. The third-order valence-corrected chi connectivity index (χ3v) is 4.59. The molecule has 0 atom stereocenters. The van der Waals surface area contributed by atoms with E-state index in [1.807, 2.05) is 13.8 Å². The topological polar surface area (TPSA) is 125 Å². The third kappa shape index (κ3) is 4.50. The number of rotatable bonds is 7. The zero-order valence-electron chi connectivity index (χ0n) is 12.9. The fourth-order valence-corrected chi connectivity index (χ4v) is 3.24. The van der Waals surface area contributed by atoms with E-state index < -0.39 is 10.1 Å². The lowest BCUT2D eigenvalue weighted by atomic mass is 10.1. The average Bonchev–Trinajstić information content (AvgIpc) is 2.49. The molecule has 0 spiro atoms. The maximum atomic E-state index is 11.7. The first kappa shape index (κ1) is 18.8. The molecule has 0 aliphatic carbocycles. The summed E-state index contributed by atoms with van der Waals surface area (Å²) >= 11 is 0.621. The fraction of sp³-hybridized carbons (Fsp3) is 0.286. The number of hydrogen-bond acceptors (Lipinski definition) is 8. The predicted molar refractivity (Wildman–Crippen MR) is 89.4 cm³/mol. The predicted octanol–water partition coefficient (Wildman–Crippen LogP) is 3.29. The van der Waals surface area contributed by atoms with Crippen molar-refractivity contribution in [2.75, 3.05) is 11.9 Å². The van der Waals surface area contributed by atoms with Crippen LogP contribution < -0.4 is 5.32 Å². The number of nitrogens with one attached hydrogen (secondary N) is 1. The molecule has 4 N–H and O–H groups in total. The van der Waals surface area contributed by atoms with Gasteiger partial charge in [-0.05, 0) is 35.6 Å². The molecule has 0 amide bonds. The molecule has 0 bridgehead atoms. The van der Waals surface area contributed by atoms with Gasteiger partial charge >= 0.3 is 0 Å². The zero-order chi connectivity index (χ0) is 17.9. The fourth-order valence-electron chi connectivity index (χ4n) is 2.11. The first-order chi connectivity index (χ1) is 11.2. The van der Waals surface area contributed by atoms with Crippen LogP contribution in [-0.2, 0) is 19.5 Å². The number of hydrogen-bond donors (Lipinski definition) is 4. The van der Waals surface area contributed by atoms with Crippen LogP contribution in [0, 0.1) is 5.92 Å². The summed E-state index contributed by atoms with van der Waals surface area (Å²) in [4.78, 5) is 0.0646. The number of fused-ring (bicyclic) bond motifs is 1. The van der Waals surface area contributed by atoms with Gasteiger partial charge in [0, 0.05) is 16.8 Å². The maximum Gasteiger partial charge on any atom is 0.296 e. The molecule has 8 nitrogen and oxygen atoms in total. The molecule has 24 heavy (non-hydrogen) atoms. The van der Waals surface area contributed by atoms with Crippen molar-refractivity contribution in [2.45, 2.75) is 23.6 Å². The minimum atomic E-state index is -4.46. The van der Waals surface area contributed by atoms with Crippen LogP contribution in [-0.4, -0.2) is 29.9 Å². The van der Waals surface area contributed by atoms with E-state index in [9.17, 15) is 18.1 Å². The second-order valence-corrected chi connectivity index (χ2v) is 7.65. The standard InChI is InChI=1S/C14H17NO7S2/c1-8(2)7-15-12-6-11-9(4-14(12)24(18,19)20)3-10(5-13(11)16)23-22-21-17/h3-6,8,15-17H,7H2,1-2H3,(H,18,19,20). The van der Waals surface area contributed by atoms with Crippen LogP contribution in [0.3, 0.4) is 0 Å². The molecule has 0 saturated heterocycles. The second-order valence-electron chi connectivity index (χ2n) is 5.49. The normalized spacial score (nSPS) is 12.0. The highest BCUT2D eigenvalue weighted by atomic mass is 32.2. The lowest BCUT2D eigenvalue weighted by Gasteiger charge is -2.14. The summed E-state index contributed by atoms with van der Waals surface area (Å²) in [6.45, 7) is 4.39. The van der Waals surface area contributed by atoms with Gasteiger partial charge in [-0.3, -0.25) is 4.55 Å². The van der Waals surface area contributed by atoms with Crippen LogP contribution in [0.2, 0.25) is 0 Å². The number of phenolic OH excluding ortho intramolecular Hbond substituents is 1. The van der Waals surface area contributed by atoms with Gasteiger partial charge in [0.15, 0.2) is 0 Å². The third-order valence-electron chi connectivity index (χ3n) is 3.14. The van der Waals surface area contributed by atoms with Crippen molar-refractivity contribution < 1.29 is 32.7 Å². The molecule has 0 saturated carbocycles. The molecule has 0 aliphatic heterocycles. The molecule has 0 unspecified atom stereocenters. The maximum absolute atomic E-state index is 11.7. The smallest absolute Gasteiger partial charge is 0.296 e. The van der Waals surface area contributed by atoms with Gasteiger partial charge in [-0.25, -0.2) is 5.26 Å². The van der Waals surface area contributed by atoms with Crippen LogP contribution in [0.15, 0.2) is 34.1 Å². The largest absolute Gasteiger partial charge is 0.507 e. The van der Waals surface area contributed by atoms with Gasteiger partial charge in [0.25, 0.3) is 10.1 Å². The number of phenols is 1. The molecule has 132 valence electrons. The molecule has 2 aromatic carbocycles. The summed E-state index contributed by atoms with van der Waals surface area (Å²) in [5.41, 5.74) is 0.198. The Bertz CT molecular complexity index is 837. The van der Waals surface area contributed by atoms with Crippen molar-refractivity contribution in [1.29, 1.82) is 0 Å². The molecular weight excluding hydrogens is 358 g/mol. The first-order valence-corrected chi connectivity index (χ1v) is 9.07. The van der Waals surface area contributed by atoms with E-state index in [2.05, 4.69) is 14.7 Å². The minimum absolute atomic E-state index is 0.119. The van der Waals surface area contributed by atoms with Gasteiger partial charge in [0.05, 0.1) is 17.7 Å². The summed E-state index contributed by atoms with van der Waals surface area (Å²) in [7, 11) is -4.46. The summed E-state index contributed by atoms with van der Waals surface area (Å²) in [6.07, 6.45) is 0.